The molecule has 5 N–H and O–H groups in total. The van der Waals surface area contributed by atoms with Crippen molar-refractivity contribution >= 4 is 43.3 Å². The standard InChI is InChI=1S/C18H21N5O3S2/c1-10(2)6-13(19)18(24)23-28(25,26)12-5-3-4-11(7-12)15-8-14-16(27-15)17(20)22-9-21-14/h3-5,7-10,13H,6,19H2,1-2H3,(H,23,24)(H2,20,21,22). The van der Waals surface area contributed by atoms with Crippen LogP contribution in [-0.2, 0) is 14.8 Å². The molecule has 148 valence electrons. The van der Waals surface area contributed by atoms with Gasteiger partial charge in [0.05, 0.1) is 21.2 Å². The summed E-state index contributed by atoms with van der Waals surface area (Å²) in [5.74, 6) is -0.171. The van der Waals surface area contributed by atoms with Crippen LogP contribution in [0.4, 0.5) is 5.82 Å². The third-order valence-corrected chi connectivity index (χ3v) is 6.60. The van der Waals surface area contributed by atoms with Gasteiger partial charge in [-0.15, -0.1) is 11.3 Å². The van der Waals surface area contributed by atoms with Gasteiger partial charge >= 0.3 is 0 Å². The van der Waals surface area contributed by atoms with Gasteiger partial charge in [0.2, 0.25) is 0 Å². The van der Waals surface area contributed by atoms with E-state index in [0.29, 0.717) is 23.3 Å². The minimum atomic E-state index is -4.04. The number of amides is 1. The third kappa shape index (κ3) is 4.29. The Morgan fingerprint density at radius 3 is 2.68 bits per heavy atom. The van der Waals surface area contributed by atoms with E-state index in [4.69, 9.17) is 11.5 Å². The van der Waals surface area contributed by atoms with Crippen LogP contribution in [0.5, 0.6) is 0 Å². The molecule has 1 unspecified atom stereocenters. The second kappa shape index (κ2) is 7.82. The molecule has 0 aliphatic rings. The molecular formula is C18H21N5O3S2. The smallest absolute Gasteiger partial charge is 0.264 e. The monoisotopic (exact) mass is 419 g/mol. The van der Waals surface area contributed by atoms with Crippen LogP contribution >= 0.6 is 11.3 Å². The Labute approximate surface area is 167 Å². The highest BCUT2D eigenvalue weighted by molar-refractivity contribution is 7.90. The van der Waals surface area contributed by atoms with Gasteiger partial charge in [-0.1, -0.05) is 26.0 Å². The molecule has 0 saturated heterocycles. The summed E-state index contributed by atoms with van der Waals surface area (Å²) in [7, 11) is -4.04. The maximum absolute atomic E-state index is 12.6. The number of rotatable bonds is 6. The SMILES string of the molecule is CC(C)CC(N)C(=O)NS(=O)(=O)c1cccc(-c2cc3ncnc(N)c3s2)c1. The van der Waals surface area contributed by atoms with Crippen molar-refractivity contribution in [3.63, 3.8) is 0 Å². The van der Waals surface area contributed by atoms with Gasteiger partial charge in [0.1, 0.15) is 12.1 Å². The lowest BCUT2D eigenvalue weighted by molar-refractivity contribution is -0.120. The minimum absolute atomic E-state index is 0.0217. The molecule has 0 aliphatic carbocycles. The molecule has 0 saturated carbocycles. The number of benzene rings is 1. The highest BCUT2D eigenvalue weighted by Crippen LogP contribution is 2.35. The highest BCUT2D eigenvalue weighted by Gasteiger charge is 2.23. The lowest BCUT2D eigenvalue weighted by Gasteiger charge is -2.14. The van der Waals surface area contributed by atoms with Crippen molar-refractivity contribution in [3.8, 4) is 10.4 Å². The molecule has 3 rings (SSSR count). The Balaban J connectivity index is 1.89. The van der Waals surface area contributed by atoms with Crippen molar-refractivity contribution in [3.05, 3.63) is 36.7 Å². The number of fused-ring (bicyclic) bond motifs is 1. The van der Waals surface area contributed by atoms with Crippen molar-refractivity contribution in [2.75, 3.05) is 5.73 Å². The summed E-state index contributed by atoms with van der Waals surface area (Å²) >= 11 is 1.37. The van der Waals surface area contributed by atoms with Gasteiger partial charge in [0.15, 0.2) is 0 Å². The predicted molar refractivity (Wildman–Crippen MR) is 110 cm³/mol. The lowest BCUT2D eigenvalue weighted by Crippen LogP contribution is -2.43. The van der Waals surface area contributed by atoms with Crippen LogP contribution in [-0.4, -0.2) is 30.3 Å². The molecule has 0 bridgehead atoms. The Hall–Kier alpha value is -2.56. The first-order valence-electron chi connectivity index (χ1n) is 8.60. The number of nitrogens with one attached hydrogen (secondary N) is 1. The first kappa shape index (κ1) is 20.2. The Kier molecular flexibility index (Phi) is 5.64. The Morgan fingerprint density at radius 2 is 2.00 bits per heavy atom. The third-order valence-electron chi connectivity index (χ3n) is 4.06. The molecule has 28 heavy (non-hydrogen) atoms. The molecule has 2 aromatic heterocycles. The number of carbonyl (C=O) groups excluding carboxylic acids is 1. The van der Waals surface area contributed by atoms with E-state index in [9.17, 15) is 13.2 Å². The fourth-order valence-corrected chi connectivity index (χ4v) is 4.80. The number of nitrogens with zero attached hydrogens (tertiary/aromatic N) is 2. The van der Waals surface area contributed by atoms with E-state index < -0.39 is 22.0 Å². The number of nitrogen functional groups attached to an aromatic ring is 1. The molecule has 2 heterocycles. The van der Waals surface area contributed by atoms with Crippen LogP contribution in [0, 0.1) is 5.92 Å². The van der Waals surface area contributed by atoms with Crippen LogP contribution in [0.2, 0.25) is 0 Å². The van der Waals surface area contributed by atoms with E-state index >= 15 is 0 Å². The zero-order valence-corrected chi connectivity index (χ0v) is 17.0. The predicted octanol–water partition coefficient (Wildman–Crippen LogP) is 2.12. The van der Waals surface area contributed by atoms with Crippen LogP contribution in [0.1, 0.15) is 20.3 Å². The zero-order valence-electron chi connectivity index (χ0n) is 15.4. The largest absolute Gasteiger partial charge is 0.382 e. The summed E-state index contributed by atoms with van der Waals surface area (Å²) in [5, 5.41) is 0. The Bertz CT molecular complexity index is 1130. The maximum Gasteiger partial charge on any atom is 0.264 e. The average molecular weight is 420 g/mol. The van der Waals surface area contributed by atoms with E-state index in [1.165, 1.54) is 29.8 Å². The van der Waals surface area contributed by atoms with E-state index in [1.807, 2.05) is 19.9 Å². The summed E-state index contributed by atoms with van der Waals surface area (Å²) in [5.41, 5.74) is 13.0. The van der Waals surface area contributed by atoms with Gasteiger partial charge in [0.25, 0.3) is 15.9 Å². The highest BCUT2D eigenvalue weighted by atomic mass is 32.2. The molecule has 0 aliphatic heterocycles. The van der Waals surface area contributed by atoms with Crippen LogP contribution in [0.25, 0.3) is 20.7 Å². The summed E-state index contributed by atoms with van der Waals surface area (Å²) in [4.78, 5) is 21.0. The van der Waals surface area contributed by atoms with Gasteiger partial charge in [-0.05, 0) is 36.1 Å². The number of nitrogens with two attached hydrogens (primary N) is 2. The quantitative estimate of drug-likeness (QED) is 0.555. The number of carbonyl (C=O) groups is 1. The van der Waals surface area contributed by atoms with Gasteiger partial charge in [0, 0.05) is 4.88 Å². The first-order chi connectivity index (χ1) is 13.2. The van der Waals surface area contributed by atoms with Gasteiger partial charge in [-0.2, -0.15) is 0 Å². The number of sulfonamides is 1. The normalized spacial score (nSPS) is 13.0. The van der Waals surface area contributed by atoms with Gasteiger partial charge < -0.3 is 11.5 Å². The number of thiophene rings is 1. The van der Waals surface area contributed by atoms with Crippen molar-refractivity contribution in [2.24, 2.45) is 11.7 Å². The molecule has 10 heteroatoms. The van der Waals surface area contributed by atoms with E-state index in [1.54, 1.807) is 12.1 Å². The van der Waals surface area contributed by atoms with Gasteiger partial charge in [-0.3, -0.25) is 4.79 Å². The van der Waals surface area contributed by atoms with Crippen molar-refractivity contribution in [1.29, 1.82) is 0 Å². The first-order valence-corrected chi connectivity index (χ1v) is 10.9. The topological polar surface area (TPSA) is 141 Å². The van der Waals surface area contributed by atoms with Crippen molar-refractivity contribution in [2.45, 2.75) is 31.2 Å². The molecule has 0 radical (unpaired) electrons. The van der Waals surface area contributed by atoms with Crippen LogP contribution in [0.3, 0.4) is 0 Å². The Morgan fingerprint density at radius 1 is 1.25 bits per heavy atom. The molecule has 0 fully saturated rings. The van der Waals surface area contributed by atoms with E-state index in [0.717, 1.165) is 9.58 Å². The number of aromatic nitrogens is 2. The van der Waals surface area contributed by atoms with Crippen LogP contribution < -0.4 is 16.2 Å². The number of anilines is 1. The number of hydrogen-bond donors (Lipinski definition) is 3. The summed E-state index contributed by atoms with van der Waals surface area (Å²) in [6.45, 7) is 3.82. The second-order valence-corrected chi connectivity index (χ2v) is 9.55. The van der Waals surface area contributed by atoms with Crippen molar-refractivity contribution < 1.29 is 13.2 Å². The second-order valence-electron chi connectivity index (χ2n) is 6.82. The molecule has 1 amide bonds. The summed E-state index contributed by atoms with van der Waals surface area (Å²) < 4.78 is 28.0. The van der Waals surface area contributed by atoms with Crippen LogP contribution in [0.15, 0.2) is 41.6 Å². The minimum Gasteiger partial charge on any atom is -0.382 e. The van der Waals surface area contributed by atoms with Crippen molar-refractivity contribution in [1.82, 2.24) is 14.7 Å². The molecule has 1 atom stereocenters. The fraction of sp³-hybridized carbons (Fsp3) is 0.278. The number of hydrogen-bond acceptors (Lipinski definition) is 8. The van der Waals surface area contributed by atoms with Gasteiger partial charge in [-0.25, -0.2) is 23.1 Å². The maximum atomic E-state index is 12.6. The summed E-state index contributed by atoms with van der Waals surface area (Å²) in [6.07, 6.45) is 1.77. The lowest BCUT2D eigenvalue weighted by atomic mass is 10.0. The molecular weight excluding hydrogens is 398 g/mol. The molecule has 3 aromatic rings. The molecule has 1 aromatic carbocycles. The zero-order chi connectivity index (χ0) is 20.5. The van der Waals surface area contributed by atoms with E-state index in [2.05, 4.69) is 14.7 Å². The summed E-state index contributed by atoms with van der Waals surface area (Å²) in [6, 6.07) is 7.25. The van der Waals surface area contributed by atoms with E-state index in [-0.39, 0.29) is 10.8 Å². The molecule has 8 nitrogen and oxygen atoms in total. The fourth-order valence-electron chi connectivity index (χ4n) is 2.71. The molecule has 0 spiro atoms. The average Bonchev–Trinajstić information content (AvgIpc) is 3.07.